The number of piperazine rings is 1. The zero-order valence-corrected chi connectivity index (χ0v) is 28.0. The molecule has 3 aromatic heterocycles. The number of H-pyrrole nitrogens is 2. The summed E-state index contributed by atoms with van der Waals surface area (Å²) < 4.78 is 41.7. The fraction of sp³-hybridized carbons (Fsp3) is 0.406. The molecule has 50 heavy (non-hydrogen) atoms. The molecule has 2 aliphatic heterocycles. The number of anilines is 2. The third-order valence-corrected chi connectivity index (χ3v) is 9.05. The molecule has 0 saturated carbocycles. The Morgan fingerprint density at radius 3 is 2.38 bits per heavy atom. The summed E-state index contributed by atoms with van der Waals surface area (Å²) >= 11 is 6.47. The summed E-state index contributed by atoms with van der Waals surface area (Å²) in [5.41, 5.74) is -0.391. The van der Waals surface area contributed by atoms with Gasteiger partial charge in [-0.3, -0.25) is 19.5 Å². The highest BCUT2D eigenvalue weighted by molar-refractivity contribution is 6.34. The number of aromatic amines is 2. The number of imidazole rings is 1. The zero-order valence-electron chi connectivity index (χ0n) is 27.3. The van der Waals surface area contributed by atoms with Crippen molar-refractivity contribution < 1.29 is 27.6 Å². The topological polar surface area (TPSA) is 168 Å². The second-order valence-electron chi connectivity index (χ2n) is 12.3. The van der Waals surface area contributed by atoms with E-state index in [1.807, 2.05) is 4.90 Å². The fourth-order valence-corrected chi connectivity index (χ4v) is 6.27. The van der Waals surface area contributed by atoms with Crippen LogP contribution in [0.5, 0.6) is 0 Å². The van der Waals surface area contributed by atoms with Gasteiger partial charge in [0.05, 0.1) is 10.6 Å². The summed E-state index contributed by atoms with van der Waals surface area (Å²) in [5.74, 6) is -0.435. The van der Waals surface area contributed by atoms with Crippen LogP contribution in [-0.2, 0) is 17.4 Å². The van der Waals surface area contributed by atoms with Crippen molar-refractivity contribution >= 4 is 40.8 Å². The van der Waals surface area contributed by atoms with Gasteiger partial charge in [-0.05, 0) is 56.3 Å². The number of amides is 3. The molecule has 0 aliphatic carbocycles. The number of halogens is 4. The zero-order chi connectivity index (χ0) is 35.6. The number of alkyl halides is 3. The van der Waals surface area contributed by atoms with Crippen molar-refractivity contribution in [2.75, 3.05) is 63.6 Å². The minimum atomic E-state index is -4.73. The molecular weight excluding hydrogens is 679 g/mol. The lowest BCUT2D eigenvalue weighted by Crippen LogP contribution is -2.52. The number of hydrogen-bond acceptors (Lipinski definition) is 9. The van der Waals surface area contributed by atoms with Crippen LogP contribution < -0.4 is 15.5 Å². The number of carbonyl (C=O) groups excluding carboxylic acids is 3. The molecule has 2 aliphatic rings. The second-order valence-corrected chi connectivity index (χ2v) is 12.7. The van der Waals surface area contributed by atoms with E-state index in [1.54, 1.807) is 30.0 Å². The lowest BCUT2D eigenvalue weighted by atomic mass is 9.96. The average molecular weight is 714 g/mol. The first-order chi connectivity index (χ1) is 23.9. The smallest absolute Gasteiger partial charge is 0.361 e. The molecule has 2 fully saturated rings. The summed E-state index contributed by atoms with van der Waals surface area (Å²) in [5, 5.41) is 20.0. The van der Waals surface area contributed by atoms with E-state index >= 15 is 0 Å². The molecule has 1 aromatic carbocycles. The number of aromatic nitrogens is 6. The van der Waals surface area contributed by atoms with Crippen LogP contribution in [0.15, 0.2) is 36.5 Å². The number of benzene rings is 1. The van der Waals surface area contributed by atoms with Crippen molar-refractivity contribution in [2.45, 2.75) is 25.4 Å². The Labute approximate surface area is 289 Å². The third kappa shape index (κ3) is 7.57. The van der Waals surface area contributed by atoms with Crippen molar-refractivity contribution in [3.05, 3.63) is 69.9 Å². The SMILES string of the molecule is CN(C)c1ccc(-c2n[nH]c(C(F)(F)F)c2Cc2cnc(C(=O)Nc3ccc(C(=O)N4CCN(C(=O)C5CCNCC5)CC4)c(Cl)c3)[nH]2)nn1. The molecule has 0 atom stereocenters. The van der Waals surface area contributed by atoms with Gasteiger partial charge >= 0.3 is 6.18 Å². The molecule has 0 radical (unpaired) electrons. The number of nitrogens with one attached hydrogen (secondary N) is 4. The number of rotatable bonds is 8. The van der Waals surface area contributed by atoms with E-state index in [4.69, 9.17) is 11.6 Å². The van der Waals surface area contributed by atoms with Gasteiger partial charge in [0, 0.05) is 75.8 Å². The minimum absolute atomic E-state index is 0.0158. The molecule has 4 aromatic rings. The summed E-state index contributed by atoms with van der Waals surface area (Å²) in [7, 11) is 3.51. The van der Waals surface area contributed by atoms with Crippen LogP contribution in [0.3, 0.4) is 0 Å². The first kappa shape index (κ1) is 34.8. The lowest BCUT2D eigenvalue weighted by molar-refractivity contribution is -0.141. The highest BCUT2D eigenvalue weighted by Gasteiger charge is 2.38. The van der Waals surface area contributed by atoms with Gasteiger partial charge in [0.25, 0.3) is 11.8 Å². The number of carbonyl (C=O) groups is 3. The Bertz CT molecular complexity index is 1860. The van der Waals surface area contributed by atoms with Crippen LogP contribution in [0.1, 0.15) is 50.8 Å². The van der Waals surface area contributed by atoms with E-state index in [-0.39, 0.29) is 68.9 Å². The van der Waals surface area contributed by atoms with Gasteiger partial charge in [-0.2, -0.15) is 18.3 Å². The van der Waals surface area contributed by atoms with E-state index in [0.29, 0.717) is 32.0 Å². The summed E-state index contributed by atoms with van der Waals surface area (Å²) in [6.45, 7) is 3.31. The Morgan fingerprint density at radius 2 is 1.74 bits per heavy atom. The molecule has 0 unspecified atom stereocenters. The van der Waals surface area contributed by atoms with Gasteiger partial charge < -0.3 is 30.3 Å². The molecule has 0 spiro atoms. The third-order valence-electron chi connectivity index (χ3n) is 8.74. The molecule has 0 bridgehead atoms. The van der Waals surface area contributed by atoms with Crippen LogP contribution in [0.25, 0.3) is 11.4 Å². The Kier molecular flexibility index (Phi) is 10.1. The molecule has 6 rings (SSSR count). The molecule has 18 heteroatoms. The largest absolute Gasteiger partial charge is 0.433 e. The van der Waals surface area contributed by atoms with Crippen molar-refractivity contribution in [3.63, 3.8) is 0 Å². The van der Waals surface area contributed by atoms with Crippen molar-refractivity contribution in [3.8, 4) is 11.4 Å². The average Bonchev–Trinajstić information content (AvgIpc) is 3.76. The van der Waals surface area contributed by atoms with E-state index < -0.39 is 17.8 Å². The predicted molar refractivity (Wildman–Crippen MR) is 178 cm³/mol. The minimum Gasteiger partial charge on any atom is -0.361 e. The lowest BCUT2D eigenvalue weighted by Gasteiger charge is -2.37. The number of nitrogens with zero attached hydrogens (tertiary/aromatic N) is 7. The predicted octanol–water partition coefficient (Wildman–Crippen LogP) is 3.46. The Hall–Kier alpha value is -5.03. The second kappa shape index (κ2) is 14.4. The molecule has 4 N–H and O–H groups in total. The molecular formula is C32H35ClF3N11O3. The molecule has 2 saturated heterocycles. The van der Waals surface area contributed by atoms with Gasteiger partial charge in [0.15, 0.2) is 11.6 Å². The monoisotopic (exact) mass is 713 g/mol. The molecule has 264 valence electrons. The van der Waals surface area contributed by atoms with Crippen LogP contribution in [0.4, 0.5) is 24.7 Å². The van der Waals surface area contributed by atoms with Crippen LogP contribution >= 0.6 is 11.6 Å². The quantitative estimate of drug-likeness (QED) is 0.214. The van der Waals surface area contributed by atoms with Gasteiger partial charge in [-0.15, -0.1) is 10.2 Å². The summed E-state index contributed by atoms with van der Waals surface area (Å²) in [6.07, 6.45) is -2.13. The van der Waals surface area contributed by atoms with E-state index in [1.165, 1.54) is 30.5 Å². The van der Waals surface area contributed by atoms with Crippen LogP contribution in [0, 0.1) is 5.92 Å². The maximum Gasteiger partial charge on any atom is 0.433 e. The Balaban J connectivity index is 1.09. The first-order valence-electron chi connectivity index (χ1n) is 16.0. The standard InChI is InChI=1S/C32H35ClF3N11O3/c1-45(2)25-6-5-24(41-42-25)26-22(27(44-43-26)32(34,35)36)15-20-17-38-28(39-20)29(48)40-19-3-4-21(23(33)16-19)31(50)47-13-11-46(12-14-47)30(49)18-7-9-37-10-8-18/h3-6,16-18,37H,7-15H2,1-2H3,(H,38,39)(H,40,48)(H,43,44). The van der Waals surface area contributed by atoms with E-state index in [9.17, 15) is 27.6 Å². The maximum atomic E-state index is 13.9. The van der Waals surface area contributed by atoms with Crippen molar-refractivity contribution in [1.29, 1.82) is 0 Å². The highest BCUT2D eigenvalue weighted by atomic mass is 35.5. The van der Waals surface area contributed by atoms with Crippen molar-refractivity contribution in [2.24, 2.45) is 5.92 Å². The molecule has 5 heterocycles. The number of piperidine rings is 1. The molecule has 14 nitrogen and oxygen atoms in total. The van der Waals surface area contributed by atoms with Gasteiger partial charge in [-0.1, -0.05) is 11.6 Å². The van der Waals surface area contributed by atoms with E-state index in [2.05, 4.69) is 41.0 Å². The number of hydrogen-bond donors (Lipinski definition) is 4. The highest BCUT2D eigenvalue weighted by Crippen LogP contribution is 2.36. The van der Waals surface area contributed by atoms with Gasteiger partial charge in [-0.25, -0.2) is 4.98 Å². The van der Waals surface area contributed by atoms with Crippen LogP contribution in [-0.4, -0.2) is 111 Å². The Morgan fingerprint density at radius 1 is 1.02 bits per heavy atom. The van der Waals surface area contributed by atoms with Gasteiger partial charge in [0.2, 0.25) is 5.91 Å². The molecule has 3 amide bonds. The maximum absolute atomic E-state index is 13.9. The normalized spacial score (nSPS) is 15.6. The fourth-order valence-electron chi connectivity index (χ4n) is 6.01. The summed E-state index contributed by atoms with van der Waals surface area (Å²) in [6, 6.07) is 7.60. The van der Waals surface area contributed by atoms with Crippen molar-refractivity contribution in [1.82, 2.24) is 45.5 Å². The first-order valence-corrected chi connectivity index (χ1v) is 16.4. The van der Waals surface area contributed by atoms with Gasteiger partial charge in [0.1, 0.15) is 17.1 Å². The summed E-state index contributed by atoms with van der Waals surface area (Å²) in [4.78, 5) is 51.2. The van der Waals surface area contributed by atoms with E-state index in [0.717, 1.165) is 25.9 Å². The van der Waals surface area contributed by atoms with Crippen LogP contribution in [0.2, 0.25) is 5.02 Å².